The van der Waals surface area contributed by atoms with Gasteiger partial charge in [-0.3, -0.25) is 14.6 Å². The van der Waals surface area contributed by atoms with Crippen LogP contribution >= 0.6 is 23.2 Å². The molecule has 6 heterocycles. The summed E-state index contributed by atoms with van der Waals surface area (Å²) in [7, 11) is -2.86. The second kappa shape index (κ2) is 11.0. The van der Waals surface area contributed by atoms with Gasteiger partial charge in [0.15, 0.2) is 15.7 Å². The van der Waals surface area contributed by atoms with E-state index in [9.17, 15) is 13.2 Å². The summed E-state index contributed by atoms with van der Waals surface area (Å²) in [5.41, 5.74) is 3.73. The summed E-state index contributed by atoms with van der Waals surface area (Å²) in [4.78, 5) is 19.0. The summed E-state index contributed by atoms with van der Waals surface area (Å²) < 4.78 is 26.5. The number of amides is 1. The van der Waals surface area contributed by atoms with Gasteiger partial charge in [-0.2, -0.15) is 10.2 Å². The number of sulfone groups is 1. The number of halogens is 2. The van der Waals surface area contributed by atoms with Gasteiger partial charge in [-0.25, -0.2) is 8.42 Å². The quantitative estimate of drug-likeness (QED) is 0.345. The van der Waals surface area contributed by atoms with Crippen molar-refractivity contribution in [2.75, 3.05) is 55.7 Å². The van der Waals surface area contributed by atoms with Gasteiger partial charge in [0, 0.05) is 72.4 Å². The number of hydrogen-bond acceptors (Lipinski definition) is 7. The Kier molecular flexibility index (Phi) is 7.38. The lowest BCUT2D eigenvalue weighted by atomic mass is 9.60. The zero-order chi connectivity index (χ0) is 33.0. The molecule has 1 N–H and O–H groups in total. The number of likely N-dealkylation sites (tertiary alicyclic amines) is 2. The fraction of sp³-hybridized carbons (Fsp3) is 0.618. The monoisotopic (exact) mass is 699 g/mol. The number of H-pyrrole nitrogens is 1. The Balaban J connectivity index is 1.09. The van der Waals surface area contributed by atoms with E-state index in [4.69, 9.17) is 28.3 Å². The average molecular weight is 701 g/mol. The van der Waals surface area contributed by atoms with Crippen LogP contribution in [-0.4, -0.2) is 100 Å². The van der Waals surface area contributed by atoms with E-state index >= 15 is 0 Å². The number of fused-ring (bicyclic) bond motifs is 2. The number of carbonyl (C=O) groups excluding carboxylic acids is 1. The van der Waals surface area contributed by atoms with Crippen LogP contribution in [0.25, 0.3) is 22.0 Å². The van der Waals surface area contributed by atoms with Crippen LogP contribution in [0.1, 0.15) is 51.3 Å². The van der Waals surface area contributed by atoms with E-state index in [2.05, 4.69) is 52.0 Å². The van der Waals surface area contributed by atoms with Crippen LogP contribution in [0.5, 0.6) is 0 Å². The van der Waals surface area contributed by atoms with E-state index in [1.54, 1.807) is 0 Å². The van der Waals surface area contributed by atoms with Crippen molar-refractivity contribution in [1.29, 1.82) is 0 Å². The highest BCUT2D eigenvalue weighted by atomic mass is 35.5. The number of piperidine rings is 1. The molecule has 1 spiro atoms. The number of aromatic amines is 1. The number of nitrogens with one attached hydrogen (secondary N) is 1. The fourth-order valence-corrected chi connectivity index (χ4v) is 12.4. The lowest BCUT2D eigenvalue weighted by molar-refractivity contribution is -0.149. The molecular formula is C34H43Cl2N7O3S. The molecule has 3 atom stereocenters. The molecule has 8 rings (SSSR count). The van der Waals surface area contributed by atoms with Gasteiger partial charge in [-0.15, -0.1) is 0 Å². The molecule has 1 amide bonds. The van der Waals surface area contributed by atoms with E-state index < -0.39 is 9.84 Å². The number of anilines is 1. The molecule has 5 fully saturated rings. The van der Waals surface area contributed by atoms with E-state index in [-0.39, 0.29) is 22.9 Å². The minimum atomic E-state index is -2.86. The maximum absolute atomic E-state index is 12.1. The molecular weight excluding hydrogens is 657 g/mol. The zero-order valence-corrected chi connectivity index (χ0v) is 29.6. The standard InChI is InChI=1S/C34H43Cl2N7O3S/c1-5-28(44)41-18-34(19-41)10-24(11-34)43-20(2)29(30-25-12-37-38-27(25)8-26(35)31(30)36)32(39-43)42-7-6-21(9-33(42,3)4)13-40-14-22-16-47(45,46)17-23(22)15-40/h5,8,12,21-24H,1,6-7,9-11,13-19H2,2-4H3,(H,37,38)/t21-,22-,23+/m1/s1. The number of carbonyl (C=O) groups is 1. The summed E-state index contributed by atoms with van der Waals surface area (Å²) in [6.07, 6.45) is 7.21. The Hall–Kier alpha value is -2.60. The number of rotatable bonds is 6. The number of benzene rings is 1. The van der Waals surface area contributed by atoms with Crippen LogP contribution in [-0.2, 0) is 14.6 Å². The maximum atomic E-state index is 12.1. The number of nitrogens with zero attached hydrogens (tertiary/aromatic N) is 6. The smallest absolute Gasteiger partial charge is 0.245 e. The first kappa shape index (κ1) is 31.7. The van der Waals surface area contributed by atoms with Crippen molar-refractivity contribution in [2.45, 2.75) is 58.0 Å². The van der Waals surface area contributed by atoms with Crippen molar-refractivity contribution in [3.05, 3.63) is 40.7 Å². The third kappa shape index (κ3) is 5.22. The van der Waals surface area contributed by atoms with E-state index in [1.807, 2.05) is 17.2 Å². The molecule has 4 aliphatic heterocycles. The first-order chi connectivity index (χ1) is 22.3. The number of aromatic nitrogens is 4. The highest BCUT2D eigenvalue weighted by Gasteiger charge is 2.55. The van der Waals surface area contributed by atoms with Gasteiger partial charge in [0.05, 0.1) is 39.3 Å². The summed E-state index contributed by atoms with van der Waals surface area (Å²) in [6.45, 7) is 15.6. The fourth-order valence-electron chi connectivity index (χ4n) is 9.77. The van der Waals surface area contributed by atoms with Crippen molar-refractivity contribution < 1.29 is 13.2 Å². The molecule has 47 heavy (non-hydrogen) atoms. The third-order valence-corrected chi connectivity index (χ3v) is 14.5. The first-order valence-electron chi connectivity index (χ1n) is 16.8. The lowest BCUT2D eigenvalue weighted by Gasteiger charge is -2.58. The van der Waals surface area contributed by atoms with Gasteiger partial charge in [0.2, 0.25) is 5.91 Å². The van der Waals surface area contributed by atoms with Gasteiger partial charge < -0.3 is 14.7 Å². The predicted molar refractivity (Wildman–Crippen MR) is 186 cm³/mol. The molecule has 0 unspecified atom stereocenters. The van der Waals surface area contributed by atoms with Gasteiger partial charge >= 0.3 is 0 Å². The van der Waals surface area contributed by atoms with Crippen LogP contribution in [0.15, 0.2) is 24.9 Å². The highest BCUT2D eigenvalue weighted by molar-refractivity contribution is 7.91. The van der Waals surface area contributed by atoms with Crippen molar-refractivity contribution in [1.82, 2.24) is 29.8 Å². The van der Waals surface area contributed by atoms with Gasteiger partial charge in [-0.05, 0) is 76.4 Å². The molecule has 10 nitrogen and oxygen atoms in total. The zero-order valence-electron chi connectivity index (χ0n) is 27.3. The second-order valence-electron chi connectivity index (χ2n) is 15.7. The van der Waals surface area contributed by atoms with Crippen LogP contribution in [0.3, 0.4) is 0 Å². The Labute approximate surface area is 286 Å². The minimum absolute atomic E-state index is 0.00445. The molecule has 3 aromatic rings. The van der Waals surface area contributed by atoms with E-state index in [0.29, 0.717) is 39.3 Å². The van der Waals surface area contributed by atoms with Crippen molar-refractivity contribution >= 4 is 55.7 Å². The summed E-state index contributed by atoms with van der Waals surface area (Å²) in [6, 6.07) is 2.06. The molecule has 0 bridgehead atoms. The molecule has 252 valence electrons. The molecule has 5 aliphatic rings. The Morgan fingerprint density at radius 2 is 1.83 bits per heavy atom. The highest BCUT2D eigenvalue weighted by Crippen LogP contribution is 2.56. The van der Waals surface area contributed by atoms with Crippen molar-refractivity contribution in [2.24, 2.45) is 23.2 Å². The maximum Gasteiger partial charge on any atom is 0.245 e. The SMILES string of the molecule is C=CC(=O)N1CC2(CC(n3nc(N4CC[C@@H](CN5C[C@@H]6CS(=O)(=O)C[C@@H]6C5)CC4(C)C)c(-c4c(Cl)c(Cl)cc5[nH]ncc45)c3C)C2)C1. The van der Waals surface area contributed by atoms with Crippen LogP contribution in [0.4, 0.5) is 5.82 Å². The van der Waals surface area contributed by atoms with E-state index in [0.717, 1.165) is 98.5 Å². The molecule has 1 saturated carbocycles. The normalized spacial score (nSPS) is 28.1. The number of hydrogen-bond donors (Lipinski definition) is 1. The van der Waals surface area contributed by atoms with Crippen molar-refractivity contribution in [3.63, 3.8) is 0 Å². The van der Waals surface area contributed by atoms with Crippen LogP contribution < -0.4 is 4.90 Å². The largest absolute Gasteiger partial charge is 0.349 e. The predicted octanol–water partition coefficient (Wildman–Crippen LogP) is 5.36. The molecule has 4 saturated heterocycles. The topological polar surface area (TPSA) is 107 Å². The van der Waals surface area contributed by atoms with E-state index in [1.165, 1.54) is 6.08 Å². The lowest BCUT2D eigenvalue weighted by Crippen LogP contribution is -2.63. The van der Waals surface area contributed by atoms with Gasteiger partial charge in [-0.1, -0.05) is 29.8 Å². The first-order valence-corrected chi connectivity index (χ1v) is 19.4. The second-order valence-corrected chi connectivity index (χ2v) is 18.6. The van der Waals surface area contributed by atoms with Gasteiger partial charge in [0.1, 0.15) is 0 Å². The van der Waals surface area contributed by atoms with Crippen molar-refractivity contribution in [3.8, 4) is 11.1 Å². The molecule has 0 radical (unpaired) electrons. The Bertz CT molecular complexity index is 1870. The molecule has 1 aliphatic carbocycles. The molecule has 1 aromatic carbocycles. The Morgan fingerprint density at radius 3 is 2.49 bits per heavy atom. The average Bonchev–Trinajstić information content (AvgIpc) is 3.70. The molecule has 2 aromatic heterocycles. The third-order valence-electron chi connectivity index (χ3n) is 11.9. The van der Waals surface area contributed by atoms with Crippen LogP contribution in [0.2, 0.25) is 10.0 Å². The molecule has 13 heteroatoms. The Morgan fingerprint density at radius 1 is 1.13 bits per heavy atom. The summed E-state index contributed by atoms with van der Waals surface area (Å²) in [5.74, 6) is 2.74. The van der Waals surface area contributed by atoms with Gasteiger partial charge in [0.25, 0.3) is 0 Å². The summed E-state index contributed by atoms with van der Waals surface area (Å²) >= 11 is 13.8. The minimum Gasteiger partial charge on any atom is -0.349 e. The van der Waals surface area contributed by atoms with Crippen LogP contribution in [0, 0.1) is 30.1 Å². The summed E-state index contributed by atoms with van der Waals surface area (Å²) in [5, 5.41) is 14.7.